The number of amides is 1. The first-order valence-electron chi connectivity index (χ1n) is 5.32. The average molecular weight is 224 g/mol. The van der Waals surface area contributed by atoms with Crippen LogP contribution in [0.4, 0.5) is 0 Å². The van der Waals surface area contributed by atoms with Crippen LogP contribution >= 0.6 is 11.3 Å². The monoisotopic (exact) mass is 224 g/mol. The average Bonchev–Trinajstić information content (AvgIpc) is 2.93. The number of carbonyl (C=O) groups is 1. The fourth-order valence-corrected chi connectivity index (χ4v) is 2.31. The van der Waals surface area contributed by atoms with Gasteiger partial charge in [0, 0.05) is 25.6 Å². The first-order valence-corrected chi connectivity index (χ1v) is 6.26. The lowest BCUT2D eigenvalue weighted by Gasteiger charge is -2.21. The Labute approximate surface area is 93.9 Å². The van der Waals surface area contributed by atoms with E-state index in [-0.39, 0.29) is 5.91 Å². The molecule has 82 valence electrons. The first kappa shape index (κ1) is 10.6. The maximum absolute atomic E-state index is 11.8. The van der Waals surface area contributed by atoms with Gasteiger partial charge < -0.3 is 10.6 Å². The van der Waals surface area contributed by atoms with Crippen molar-refractivity contribution in [1.29, 1.82) is 0 Å². The van der Waals surface area contributed by atoms with Crippen molar-refractivity contribution >= 4 is 17.2 Å². The van der Waals surface area contributed by atoms with Crippen LogP contribution in [0.25, 0.3) is 0 Å². The van der Waals surface area contributed by atoms with Crippen molar-refractivity contribution in [3.05, 3.63) is 22.4 Å². The summed E-state index contributed by atoms with van der Waals surface area (Å²) in [5.41, 5.74) is 6.65. The molecule has 1 amide bonds. The highest BCUT2D eigenvalue weighted by Crippen LogP contribution is 2.29. The van der Waals surface area contributed by atoms with E-state index in [0.29, 0.717) is 19.0 Å². The zero-order chi connectivity index (χ0) is 10.7. The molecule has 1 aromatic heterocycles. The third kappa shape index (κ3) is 2.79. The highest BCUT2D eigenvalue weighted by Gasteiger charge is 2.31. The van der Waals surface area contributed by atoms with E-state index < -0.39 is 0 Å². The summed E-state index contributed by atoms with van der Waals surface area (Å²) < 4.78 is 0. The minimum absolute atomic E-state index is 0.200. The Morgan fingerprint density at radius 2 is 2.40 bits per heavy atom. The molecule has 0 saturated heterocycles. The first-order chi connectivity index (χ1) is 7.31. The van der Waals surface area contributed by atoms with E-state index in [0.717, 1.165) is 19.4 Å². The van der Waals surface area contributed by atoms with E-state index >= 15 is 0 Å². The van der Waals surface area contributed by atoms with Crippen LogP contribution in [0.5, 0.6) is 0 Å². The summed E-state index contributed by atoms with van der Waals surface area (Å²) >= 11 is 1.68. The maximum Gasteiger partial charge on any atom is 0.224 e. The predicted octanol–water partition coefficient (Wildman–Crippen LogP) is 1.59. The molecule has 0 unspecified atom stereocenters. The number of hydrogen-bond donors (Lipinski definition) is 1. The molecule has 1 fully saturated rings. The second-order valence-corrected chi connectivity index (χ2v) is 4.70. The van der Waals surface area contributed by atoms with Crippen molar-refractivity contribution in [2.75, 3.05) is 6.54 Å². The molecule has 2 N–H and O–H groups in total. The molecule has 1 heterocycles. The quantitative estimate of drug-likeness (QED) is 0.825. The minimum Gasteiger partial charge on any atom is -0.335 e. The molecule has 0 aromatic carbocycles. The normalized spacial score (nSPS) is 15.3. The molecule has 3 nitrogen and oxygen atoms in total. The predicted molar refractivity (Wildman–Crippen MR) is 61.6 cm³/mol. The minimum atomic E-state index is 0.200. The van der Waals surface area contributed by atoms with E-state index in [1.165, 1.54) is 5.56 Å². The molecule has 4 heteroatoms. The topological polar surface area (TPSA) is 46.3 Å². The lowest BCUT2D eigenvalue weighted by molar-refractivity contribution is -0.132. The van der Waals surface area contributed by atoms with E-state index in [1.54, 1.807) is 11.3 Å². The Morgan fingerprint density at radius 3 is 2.93 bits per heavy atom. The van der Waals surface area contributed by atoms with Crippen LogP contribution in [0.1, 0.15) is 24.8 Å². The molecule has 1 aliphatic rings. The molecule has 0 aliphatic heterocycles. The lowest BCUT2D eigenvalue weighted by Crippen LogP contribution is -2.33. The standard InChI is InChI=1S/C11H16N2OS/c12-5-3-11(14)13(10-1-2-10)7-9-4-6-15-8-9/h4,6,8,10H,1-3,5,7,12H2. The number of rotatable bonds is 5. The smallest absolute Gasteiger partial charge is 0.224 e. The summed E-state index contributed by atoms with van der Waals surface area (Å²) in [5, 5.41) is 4.15. The van der Waals surface area contributed by atoms with Crippen LogP contribution in [0.3, 0.4) is 0 Å². The number of carbonyl (C=O) groups excluding carboxylic acids is 1. The van der Waals surface area contributed by atoms with Gasteiger partial charge in [0.1, 0.15) is 0 Å². The van der Waals surface area contributed by atoms with Crippen molar-refractivity contribution in [3.8, 4) is 0 Å². The van der Waals surface area contributed by atoms with E-state index in [1.807, 2.05) is 10.3 Å². The van der Waals surface area contributed by atoms with Crippen LogP contribution in [0.2, 0.25) is 0 Å². The number of thiophene rings is 1. The van der Waals surface area contributed by atoms with Gasteiger partial charge in [-0.15, -0.1) is 0 Å². The molecular formula is C11H16N2OS. The molecule has 0 atom stereocenters. The molecule has 1 aliphatic carbocycles. The van der Waals surface area contributed by atoms with Crippen molar-refractivity contribution in [2.45, 2.75) is 31.8 Å². The Hall–Kier alpha value is -0.870. The van der Waals surface area contributed by atoms with Gasteiger partial charge in [0.25, 0.3) is 0 Å². The van der Waals surface area contributed by atoms with Crippen molar-refractivity contribution < 1.29 is 4.79 Å². The van der Waals surface area contributed by atoms with Gasteiger partial charge in [-0.1, -0.05) is 0 Å². The van der Waals surface area contributed by atoms with Gasteiger partial charge in [-0.3, -0.25) is 4.79 Å². The van der Waals surface area contributed by atoms with Gasteiger partial charge >= 0.3 is 0 Å². The summed E-state index contributed by atoms with van der Waals surface area (Å²) in [6, 6.07) is 2.56. The van der Waals surface area contributed by atoms with Crippen LogP contribution in [-0.4, -0.2) is 23.4 Å². The van der Waals surface area contributed by atoms with Gasteiger partial charge in [0.15, 0.2) is 0 Å². The summed E-state index contributed by atoms with van der Waals surface area (Å²) in [6.07, 6.45) is 2.78. The maximum atomic E-state index is 11.8. The highest BCUT2D eigenvalue weighted by atomic mass is 32.1. The van der Waals surface area contributed by atoms with Gasteiger partial charge in [0.05, 0.1) is 0 Å². The van der Waals surface area contributed by atoms with Crippen LogP contribution in [-0.2, 0) is 11.3 Å². The molecule has 2 rings (SSSR count). The molecule has 0 radical (unpaired) electrons. The molecule has 1 aromatic rings. The Balaban J connectivity index is 1.97. The summed E-state index contributed by atoms with van der Waals surface area (Å²) in [4.78, 5) is 13.8. The van der Waals surface area contributed by atoms with E-state index in [9.17, 15) is 4.79 Å². The molecular weight excluding hydrogens is 208 g/mol. The van der Waals surface area contributed by atoms with Gasteiger partial charge in [-0.2, -0.15) is 11.3 Å². The van der Waals surface area contributed by atoms with Gasteiger partial charge in [0.2, 0.25) is 5.91 Å². The fourth-order valence-electron chi connectivity index (χ4n) is 1.65. The summed E-state index contributed by atoms with van der Waals surface area (Å²) in [7, 11) is 0. The fraction of sp³-hybridized carbons (Fsp3) is 0.545. The van der Waals surface area contributed by atoms with E-state index in [4.69, 9.17) is 5.73 Å². The number of nitrogens with two attached hydrogens (primary N) is 1. The van der Waals surface area contributed by atoms with Gasteiger partial charge in [-0.25, -0.2) is 0 Å². The largest absolute Gasteiger partial charge is 0.335 e. The Kier molecular flexibility index (Phi) is 3.38. The number of hydrogen-bond acceptors (Lipinski definition) is 3. The summed E-state index contributed by atoms with van der Waals surface area (Å²) in [5.74, 6) is 0.200. The van der Waals surface area contributed by atoms with Crippen molar-refractivity contribution in [3.63, 3.8) is 0 Å². The van der Waals surface area contributed by atoms with Gasteiger partial charge in [-0.05, 0) is 35.2 Å². The molecule has 0 bridgehead atoms. The van der Waals surface area contributed by atoms with Crippen LogP contribution < -0.4 is 5.73 Å². The highest BCUT2D eigenvalue weighted by molar-refractivity contribution is 7.07. The second-order valence-electron chi connectivity index (χ2n) is 3.92. The second kappa shape index (κ2) is 4.77. The molecule has 15 heavy (non-hydrogen) atoms. The molecule has 0 spiro atoms. The zero-order valence-corrected chi connectivity index (χ0v) is 9.50. The third-order valence-corrected chi connectivity index (χ3v) is 3.33. The van der Waals surface area contributed by atoms with Crippen molar-refractivity contribution in [2.24, 2.45) is 5.73 Å². The Morgan fingerprint density at radius 1 is 1.60 bits per heavy atom. The van der Waals surface area contributed by atoms with Crippen molar-refractivity contribution in [1.82, 2.24) is 4.90 Å². The van der Waals surface area contributed by atoms with Crippen LogP contribution in [0.15, 0.2) is 16.8 Å². The SMILES string of the molecule is NCCC(=O)N(Cc1ccsc1)C1CC1. The summed E-state index contributed by atoms with van der Waals surface area (Å²) in [6.45, 7) is 1.21. The zero-order valence-electron chi connectivity index (χ0n) is 8.69. The Bertz CT molecular complexity index is 319. The van der Waals surface area contributed by atoms with Crippen LogP contribution in [0, 0.1) is 0 Å². The lowest BCUT2D eigenvalue weighted by atomic mass is 10.2. The third-order valence-electron chi connectivity index (χ3n) is 2.60. The molecule has 1 saturated carbocycles. The number of nitrogens with zero attached hydrogens (tertiary/aromatic N) is 1. The van der Waals surface area contributed by atoms with E-state index in [2.05, 4.69) is 11.4 Å².